The van der Waals surface area contributed by atoms with Crippen LogP contribution in [0.2, 0.25) is 0 Å². The molecule has 102 valence electrons. The van der Waals surface area contributed by atoms with Crippen molar-refractivity contribution in [2.45, 2.75) is 32.2 Å². The molecule has 1 heterocycles. The molecule has 1 fully saturated rings. The summed E-state index contributed by atoms with van der Waals surface area (Å²) in [5.41, 5.74) is 0. The Labute approximate surface area is 104 Å². The molecule has 1 rings (SSSR count). The summed E-state index contributed by atoms with van der Waals surface area (Å²) in [6.07, 6.45) is 2.34. The highest BCUT2D eigenvalue weighted by atomic mass is 32.2. The Hall–Kier alpha value is -0.170. The van der Waals surface area contributed by atoms with E-state index < -0.39 is 10.0 Å². The first-order valence-electron chi connectivity index (χ1n) is 6.30. The van der Waals surface area contributed by atoms with Crippen molar-refractivity contribution in [3.05, 3.63) is 0 Å². The van der Waals surface area contributed by atoms with Gasteiger partial charge < -0.3 is 10.0 Å². The lowest BCUT2D eigenvalue weighted by molar-refractivity contribution is 0.161. The Kier molecular flexibility index (Phi) is 5.85. The molecule has 6 heteroatoms. The van der Waals surface area contributed by atoms with Crippen LogP contribution < -0.4 is 0 Å². The SMILES string of the molecule is CCCS(=O)(=O)N(CCO)C1CCN(C)CC1. The molecule has 1 saturated heterocycles. The maximum Gasteiger partial charge on any atom is 0.214 e. The van der Waals surface area contributed by atoms with Crippen LogP contribution in [0.25, 0.3) is 0 Å². The Morgan fingerprint density at radius 3 is 2.41 bits per heavy atom. The van der Waals surface area contributed by atoms with Crippen molar-refractivity contribution in [2.24, 2.45) is 0 Å². The molecule has 5 nitrogen and oxygen atoms in total. The molecule has 0 radical (unpaired) electrons. The van der Waals surface area contributed by atoms with Crippen molar-refractivity contribution < 1.29 is 13.5 Å². The van der Waals surface area contributed by atoms with E-state index in [1.165, 1.54) is 4.31 Å². The quantitative estimate of drug-likeness (QED) is 0.740. The number of aliphatic hydroxyl groups excluding tert-OH is 1. The van der Waals surface area contributed by atoms with Crippen molar-refractivity contribution in [1.29, 1.82) is 0 Å². The zero-order valence-electron chi connectivity index (χ0n) is 10.8. The molecule has 1 aliphatic rings. The standard InChI is InChI=1S/C11H24N2O3S/c1-3-10-17(15,16)13(8-9-14)11-4-6-12(2)7-5-11/h11,14H,3-10H2,1-2H3. The molecule has 0 amide bonds. The van der Waals surface area contributed by atoms with Crippen LogP contribution >= 0.6 is 0 Å². The van der Waals surface area contributed by atoms with E-state index in [0.717, 1.165) is 25.9 Å². The number of hydrogen-bond donors (Lipinski definition) is 1. The summed E-state index contributed by atoms with van der Waals surface area (Å²) in [6, 6.07) is 0.0647. The number of likely N-dealkylation sites (tertiary alicyclic amines) is 1. The van der Waals surface area contributed by atoms with E-state index in [4.69, 9.17) is 5.11 Å². The van der Waals surface area contributed by atoms with E-state index in [1.54, 1.807) is 0 Å². The van der Waals surface area contributed by atoms with Gasteiger partial charge >= 0.3 is 0 Å². The highest BCUT2D eigenvalue weighted by Gasteiger charge is 2.30. The van der Waals surface area contributed by atoms with Gasteiger partial charge in [0.15, 0.2) is 0 Å². The highest BCUT2D eigenvalue weighted by molar-refractivity contribution is 7.89. The van der Waals surface area contributed by atoms with Crippen molar-refractivity contribution in [1.82, 2.24) is 9.21 Å². The van der Waals surface area contributed by atoms with E-state index in [9.17, 15) is 8.42 Å². The normalized spacial score (nSPS) is 20.0. The summed E-state index contributed by atoms with van der Waals surface area (Å²) >= 11 is 0. The van der Waals surface area contributed by atoms with Crippen LogP contribution in [0.5, 0.6) is 0 Å². The maximum absolute atomic E-state index is 12.1. The van der Waals surface area contributed by atoms with E-state index in [0.29, 0.717) is 6.42 Å². The minimum Gasteiger partial charge on any atom is -0.395 e. The van der Waals surface area contributed by atoms with Gasteiger partial charge in [-0.15, -0.1) is 0 Å². The fourth-order valence-electron chi connectivity index (χ4n) is 2.31. The largest absolute Gasteiger partial charge is 0.395 e. The predicted molar refractivity (Wildman–Crippen MR) is 68.4 cm³/mol. The number of nitrogens with zero attached hydrogens (tertiary/aromatic N) is 2. The van der Waals surface area contributed by atoms with Crippen LogP contribution in [0, 0.1) is 0 Å². The summed E-state index contributed by atoms with van der Waals surface area (Å²) in [4.78, 5) is 2.21. The average Bonchev–Trinajstić information content (AvgIpc) is 2.27. The molecular weight excluding hydrogens is 240 g/mol. The third kappa shape index (κ3) is 4.21. The van der Waals surface area contributed by atoms with Crippen LogP contribution in [-0.4, -0.2) is 67.8 Å². The fraction of sp³-hybridized carbons (Fsp3) is 1.00. The van der Waals surface area contributed by atoms with Gasteiger partial charge in [-0.25, -0.2) is 8.42 Å². The van der Waals surface area contributed by atoms with Crippen molar-refractivity contribution in [3.63, 3.8) is 0 Å². The molecule has 0 aromatic carbocycles. The summed E-state index contributed by atoms with van der Waals surface area (Å²) in [5, 5.41) is 9.03. The second-order valence-electron chi connectivity index (χ2n) is 4.68. The fourth-order valence-corrected chi connectivity index (χ4v) is 4.08. The highest BCUT2D eigenvalue weighted by Crippen LogP contribution is 2.19. The molecule has 0 spiro atoms. The van der Waals surface area contributed by atoms with Gasteiger partial charge in [-0.3, -0.25) is 0 Å². The van der Waals surface area contributed by atoms with Gasteiger partial charge in [0.05, 0.1) is 12.4 Å². The van der Waals surface area contributed by atoms with Crippen molar-refractivity contribution in [2.75, 3.05) is 39.0 Å². The molecule has 0 bridgehead atoms. The lowest BCUT2D eigenvalue weighted by Gasteiger charge is -2.36. The minimum absolute atomic E-state index is 0.0647. The minimum atomic E-state index is -3.20. The van der Waals surface area contributed by atoms with E-state index in [-0.39, 0.29) is 24.9 Å². The molecule has 17 heavy (non-hydrogen) atoms. The summed E-state index contributed by atoms with van der Waals surface area (Å²) < 4.78 is 25.7. The van der Waals surface area contributed by atoms with Gasteiger partial charge in [0.1, 0.15) is 0 Å². The van der Waals surface area contributed by atoms with Gasteiger partial charge in [0, 0.05) is 12.6 Å². The van der Waals surface area contributed by atoms with Crippen LogP contribution in [0.15, 0.2) is 0 Å². The van der Waals surface area contributed by atoms with Crippen molar-refractivity contribution >= 4 is 10.0 Å². The lowest BCUT2D eigenvalue weighted by Crippen LogP contribution is -2.48. The summed E-state index contributed by atoms with van der Waals surface area (Å²) in [5.74, 6) is 0.180. The molecule has 0 unspecified atom stereocenters. The smallest absolute Gasteiger partial charge is 0.214 e. The van der Waals surface area contributed by atoms with Gasteiger partial charge in [-0.1, -0.05) is 6.92 Å². The Balaban J connectivity index is 2.71. The maximum atomic E-state index is 12.1. The van der Waals surface area contributed by atoms with E-state index in [1.807, 2.05) is 14.0 Å². The molecule has 1 aliphatic heterocycles. The first-order valence-corrected chi connectivity index (χ1v) is 7.91. The summed E-state index contributed by atoms with van der Waals surface area (Å²) in [6.45, 7) is 3.85. The number of rotatable bonds is 6. The first-order chi connectivity index (χ1) is 8.01. The second kappa shape index (κ2) is 6.68. The number of piperidine rings is 1. The average molecular weight is 264 g/mol. The molecule has 0 aromatic rings. The van der Waals surface area contributed by atoms with Gasteiger partial charge in [0.2, 0.25) is 10.0 Å². The molecule has 0 aliphatic carbocycles. The van der Waals surface area contributed by atoms with E-state index in [2.05, 4.69) is 4.90 Å². The topological polar surface area (TPSA) is 60.9 Å². The Morgan fingerprint density at radius 1 is 1.35 bits per heavy atom. The van der Waals surface area contributed by atoms with Gasteiger partial charge in [0.25, 0.3) is 0 Å². The van der Waals surface area contributed by atoms with Crippen LogP contribution in [0.3, 0.4) is 0 Å². The summed E-state index contributed by atoms with van der Waals surface area (Å²) in [7, 11) is -1.15. The zero-order chi connectivity index (χ0) is 12.9. The molecule has 0 aromatic heterocycles. The number of aliphatic hydroxyl groups is 1. The Bertz CT molecular complexity index is 311. The van der Waals surface area contributed by atoms with Gasteiger partial charge in [-0.05, 0) is 39.4 Å². The Morgan fingerprint density at radius 2 is 1.94 bits per heavy atom. The molecular formula is C11H24N2O3S. The molecule has 1 N–H and O–H groups in total. The molecule has 0 saturated carbocycles. The van der Waals surface area contributed by atoms with Crippen LogP contribution in [0.4, 0.5) is 0 Å². The third-order valence-corrected chi connectivity index (χ3v) is 5.35. The number of hydrogen-bond acceptors (Lipinski definition) is 4. The van der Waals surface area contributed by atoms with E-state index >= 15 is 0 Å². The van der Waals surface area contributed by atoms with Crippen LogP contribution in [0.1, 0.15) is 26.2 Å². The monoisotopic (exact) mass is 264 g/mol. The second-order valence-corrected chi connectivity index (χ2v) is 6.73. The van der Waals surface area contributed by atoms with Crippen molar-refractivity contribution in [3.8, 4) is 0 Å². The third-order valence-electron chi connectivity index (χ3n) is 3.24. The first kappa shape index (κ1) is 14.9. The lowest BCUT2D eigenvalue weighted by atomic mass is 10.1. The van der Waals surface area contributed by atoms with Crippen LogP contribution in [-0.2, 0) is 10.0 Å². The number of sulfonamides is 1. The zero-order valence-corrected chi connectivity index (χ0v) is 11.6. The molecule has 0 atom stereocenters. The predicted octanol–water partition coefficient (Wildman–Crippen LogP) is 0.115. The van der Waals surface area contributed by atoms with Gasteiger partial charge in [-0.2, -0.15) is 4.31 Å².